The molecule has 4 heteroatoms. The van der Waals surface area contributed by atoms with E-state index in [1.54, 1.807) is 0 Å². The van der Waals surface area contributed by atoms with Crippen molar-refractivity contribution < 1.29 is 22.0 Å². The second kappa shape index (κ2) is 5.02. The van der Waals surface area contributed by atoms with Crippen molar-refractivity contribution in [2.24, 2.45) is 0 Å². The highest BCUT2D eigenvalue weighted by Gasteiger charge is 2.23. The molecular weight excluding hydrogens is 176 g/mol. The highest BCUT2D eigenvalue weighted by atomic mass is 35.5. The van der Waals surface area contributed by atoms with Crippen molar-refractivity contribution in [3.8, 4) is 0 Å². The molecule has 1 aliphatic heterocycles. The van der Waals surface area contributed by atoms with Gasteiger partial charge in [0.15, 0.2) is 0 Å². The van der Waals surface area contributed by atoms with Gasteiger partial charge in [-0.3, -0.25) is 4.90 Å². The molecule has 0 aromatic rings. The number of hydrogen-bond donors (Lipinski definition) is 1. The number of aliphatic hydroxyl groups is 1. The van der Waals surface area contributed by atoms with Crippen molar-refractivity contribution >= 4 is 0 Å². The first-order valence-corrected chi connectivity index (χ1v) is 4.29. The van der Waals surface area contributed by atoms with Crippen LogP contribution < -0.4 is 12.4 Å². The Balaban J connectivity index is 0.00000121. The van der Waals surface area contributed by atoms with E-state index >= 15 is 0 Å². The minimum absolute atomic E-state index is 0. The van der Waals surface area contributed by atoms with E-state index in [0.717, 1.165) is 24.1 Å². The molecule has 0 spiro atoms. The van der Waals surface area contributed by atoms with Gasteiger partial charge in [-0.25, -0.2) is 0 Å². The van der Waals surface area contributed by atoms with Gasteiger partial charge in [0.2, 0.25) is 0 Å². The first kappa shape index (κ1) is 12.2. The third-order valence-corrected chi connectivity index (χ3v) is 2.46. The van der Waals surface area contributed by atoms with E-state index in [1.165, 1.54) is 13.1 Å². The highest BCUT2D eigenvalue weighted by Crippen LogP contribution is 2.05. The van der Waals surface area contributed by atoms with Crippen LogP contribution in [-0.2, 0) is 0 Å². The Bertz CT molecular complexity index is 120. The van der Waals surface area contributed by atoms with Crippen LogP contribution in [0.25, 0.3) is 0 Å². The number of halogens is 1. The maximum absolute atomic E-state index is 8.70. The summed E-state index contributed by atoms with van der Waals surface area (Å²) in [5, 5.41) is 8.70. The van der Waals surface area contributed by atoms with Gasteiger partial charge in [0, 0.05) is 19.6 Å². The Morgan fingerprint density at radius 3 is 2.17 bits per heavy atom. The molecule has 0 radical (unpaired) electrons. The van der Waals surface area contributed by atoms with Crippen LogP contribution >= 0.6 is 0 Å². The summed E-state index contributed by atoms with van der Waals surface area (Å²) >= 11 is 0. The van der Waals surface area contributed by atoms with Crippen LogP contribution in [0.15, 0.2) is 0 Å². The molecule has 0 aromatic heterocycles. The monoisotopic (exact) mass is 194 g/mol. The first-order valence-electron chi connectivity index (χ1n) is 4.29. The number of piperazine rings is 1. The molecule has 3 nitrogen and oxygen atoms in total. The molecule has 1 saturated heterocycles. The van der Waals surface area contributed by atoms with Crippen LogP contribution in [-0.4, -0.2) is 67.9 Å². The van der Waals surface area contributed by atoms with Gasteiger partial charge in [-0.15, -0.1) is 0 Å². The molecule has 1 heterocycles. The Kier molecular flexibility index (Phi) is 5.09. The molecular formula is C8H19ClN2O. The zero-order chi connectivity index (χ0) is 8.32. The minimum atomic E-state index is 0. The maximum Gasteiger partial charge on any atom is 0.0912 e. The van der Waals surface area contributed by atoms with Crippen molar-refractivity contribution in [3.05, 3.63) is 0 Å². The number of β-amino-alcohol motifs (C(OH)–C–C–N with tert-alkyl or cyclic N) is 1. The van der Waals surface area contributed by atoms with Gasteiger partial charge in [-0.1, -0.05) is 0 Å². The fourth-order valence-electron chi connectivity index (χ4n) is 1.41. The van der Waals surface area contributed by atoms with Crippen LogP contribution in [0.1, 0.15) is 0 Å². The van der Waals surface area contributed by atoms with E-state index in [4.69, 9.17) is 5.11 Å². The number of quaternary nitrogens is 1. The van der Waals surface area contributed by atoms with E-state index < -0.39 is 0 Å². The largest absolute Gasteiger partial charge is 1.00 e. The lowest BCUT2D eigenvalue weighted by Gasteiger charge is -2.38. The summed E-state index contributed by atoms with van der Waals surface area (Å²) in [4.78, 5) is 2.32. The summed E-state index contributed by atoms with van der Waals surface area (Å²) in [5.74, 6) is 0. The zero-order valence-corrected chi connectivity index (χ0v) is 8.72. The maximum atomic E-state index is 8.70. The molecule has 12 heavy (non-hydrogen) atoms. The summed E-state index contributed by atoms with van der Waals surface area (Å²) in [6.07, 6.45) is 0. The Hall–Kier alpha value is 0.170. The second-order valence-corrected chi connectivity index (χ2v) is 3.95. The lowest BCUT2D eigenvalue weighted by Crippen LogP contribution is -3.00. The summed E-state index contributed by atoms with van der Waals surface area (Å²) in [6.45, 7) is 5.83. The van der Waals surface area contributed by atoms with E-state index in [2.05, 4.69) is 19.0 Å². The average Bonchev–Trinajstić information content (AvgIpc) is 1.94. The quantitative estimate of drug-likeness (QED) is 0.459. The Morgan fingerprint density at radius 1 is 1.25 bits per heavy atom. The number of hydrogen-bond acceptors (Lipinski definition) is 2. The molecule has 0 saturated carbocycles. The standard InChI is InChI=1S/C8H19N2O.ClH/c1-10(2)6-3-9(4-7-10)5-8-11;/h11H,3-8H2,1-2H3;1H/q+1;/p-1. The normalized spacial score (nSPS) is 23.2. The van der Waals surface area contributed by atoms with E-state index in [9.17, 15) is 0 Å². The molecule has 1 fully saturated rings. The predicted molar refractivity (Wildman–Crippen MR) is 45.4 cm³/mol. The molecule has 0 atom stereocenters. The van der Waals surface area contributed by atoms with Crippen molar-refractivity contribution in [1.82, 2.24) is 4.90 Å². The molecule has 0 bridgehead atoms. The fraction of sp³-hybridized carbons (Fsp3) is 1.00. The van der Waals surface area contributed by atoms with Gasteiger partial charge >= 0.3 is 0 Å². The summed E-state index contributed by atoms with van der Waals surface area (Å²) in [7, 11) is 4.52. The van der Waals surface area contributed by atoms with Gasteiger partial charge in [0.25, 0.3) is 0 Å². The molecule has 0 aromatic carbocycles. The summed E-state index contributed by atoms with van der Waals surface area (Å²) in [5.41, 5.74) is 0. The lowest BCUT2D eigenvalue weighted by molar-refractivity contribution is -0.894. The third-order valence-electron chi connectivity index (χ3n) is 2.46. The smallest absolute Gasteiger partial charge is 0.0912 e. The van der Waals surface area contributed by atoms with Gasteiger partial charge in [-0.05, 0) is 0 Å². The highest BCUT2D eigenvalue weighted by molar-refractivity contribution is 4.60. The van der Waals surface area contributed by atoms with Crippen LogP contribution in [0.5, 0.6) is 0 Å². The number of aliphatic hydroxyl groups excluding tert-OH is 1. The average molecular weight is 195 g/mol. The van der Waals surface area contributed by atoms with E-state index in [-0.39, 0.29) is 12.4 Å². The summed E-state index contributed by atoms with van der Waals surface area (Å²) in [6, 6.07) is 0. The molecule has 1 aliphatic rings. The fourth-order valence-corrected chi connectivity index (χ4v) is 1.41. The number of rotatable bonds is 2. The van der Waals surface area contributed by atoms with E-state index in [0.29, 0.717) is 6.61 Å². The van der Waals surface area contributed by atoms with Gasteiger partial charge in [0.1, 0.15) is 0 Å². The second-order valence-electron chi connectivity index (χ2n) is 3.95. The molecule has 0 amide bonds. The van der Waals surface area contributed by atoms with Crippen molar-refractivity contribution in [2.45, 2.75) is 0 Å². The number of nitrogens with zero attached hydrogens (tertiary/aromatic N) is 2. The third kappa shape index (κ3) is 3.72. The van der Waals surface area contributed by atoms with Gasteiger partial charge in [-0.2, -0.15) is 0 Å². The summed E-state index contributed by atoms with van der Waals surface area (Å²) < 4.78 is 1.13. The van der Waals surface area contributed by atoms with E-state index in [1.807, 2.05) is 0 Å². The van der Waals surface area contributed by atoms with Crippen LogP contribution in [0.3, 0.4) is 0 Å². The SMILES string of the molecule is C[N+]1(C)CCN(CCO)CC1.[Cl-]. The minimum Gasteiger partial charge on any atom is -1.00 e. The Morgan fingerprint density at radius 2 is 1.75 bits per heavy atom. The van der Waals surface area contributed by atoms with Gasteiger partial charge < -0.3 is 22.0 Å². The molecule has 0 unspecified atom stereocenters. The van der Waals surface area contributed by atoms with Gasteiger partial charge in [0.05, 0.1) is 33.8 Å². The van der Waals surface area contributed by atoms with Crippen LogP contribution in [0.2, 0.25) is 0 Å². The topological polar surface area (TPSA) is 23.5 Å². The number of likely N-dealkylation sites (N-methyl/N-ethyl adjacent to an activating group) is 1. The van der Waals surface area contributed by atoms with Crippen LogP contribution in [0, 0.1) is 0 Å². The molecule has 74 valence electrons. The van der Waals surface area contributed by atoms with Crippen LogP contribution in [0.4, 0.5) is 0 Å². The molecule has 1 rings (SSSR count). The lowest BCUT2D eigenvalue weighted by atomic mass is 10.3. The first-order chi connectivity index (χ1) is 5.14. The predicted octanol–water partition coefficient (Wildman–Crippen LogP) is -3.63. The van der Waals surface area contributed by atoms with Crippen molar-refractivity contribution in [1.29, 1.82) is 0 Å². The molecule has 0 aliphatic carbocycles. The van der Waals surface area contributed by atoms with Crippen molar-refractivity contribution in [3.63, 3.8) is 0 Å². The Labute approximate surface area is 81.0 Å². The zero-order valence-electron chi connectivity index (χ0n) is 7.96. The molecule has 1 N–H and O–H groups in total. The van der Waals surface area contributed by atoms with Crippen molar-refractivity contribution in [2.75, 3.05) is 53.4 Å².